The smallest absolute Gasteiger partial charge is 0.257 e. The van der Waals surface area contributed by atoms with Gasteiger partial charge in [-0.1, -0.05) is 0 Å². The third-order valence-electron chi connectivity index (χ3n) is 3.62. The summed E-state index contributed by atoms with van der Waals surface area (Å²) in [6, 6.07) is 1.76. The molecule has 0 bridgehead atoms. The predicted octanol–water partition coefficient (Wildman–Crippen LogP) is 1.17. The predicted molar refractivity (Wildman–Crippen MR) is 67.4 cm³/mol. The topological polar surface area (TPSA) is 68.7 Å². The first kappa shape index (κ1) is 13.1. The number of ether oxygens (including phenoxy) is 1. The maximum atomic E-state index is 12.4. The van der Waals surface area contributed by atoms with Crippen molar-refractivity contribution in [1.29, 1.82) is 0 Å². The Morgan fingerprint density at radius 3 is 3.00 bits per heavy atom. The molecule has 1 aromatic heterocycles. The summed E-state index contributed by atoms with van der Waals surface area (Å²) in [5.74, 6) is 0.663. The number of rotatable bonds is 3. The highest BCUT2D eigenvalue weighted by Gasteiger charge is 2.32. The van der Waals surface area contributed by atoms with Crippen LogP contribution < -0.4 is 5.73 Å². The van der Waals surface area contributed by atoms with Crippen LogP contribution >= 0.6 is 0 Å². The molecular weight excluding hydrogens is 232 g/mol. The summed E-state index contributed by atoms with van der Waals surface area (Å²) in [7, 11) is 1.70. The molecule has 2 rings (SSSR count). The zero-order chi connectivity index (χ0) is 13.1. The summed E-state index contributed by atoms with van der Waals surface area (Å²) in [4.78, 5) is 14.3. The van der Waals surface area contributed by atoms with Crippen LogP contribution in [0.5, 0.6) is 0 Å². The van der Waals surface area contributed by atoms with Gasteiger partial charge in [0.15, 0.2) is 0 Å². The lowest BCUT2D eigenvalue weighted by atomic mass is 9.98. The summed E-state index contributed by atoms with van der Waals surface area (Å²) < 4.78 is 10.5. The van der Waals surface area contributed by atoms with E-state index in [1.54, 1.807) is 26.4 Å². The number of likely N-dealkylation sites (tertiary alicyclic amines) is 1. The molecule has 5 heteroatoms. The van der Waals surface area contributed by atoms with Crippen molar-refractivity contribution in [3.05, 3.63) is 23.7 Å². The van der Waals surface area contributed by atoms with Gasteiger partial charge in [-0.2, -0.15) is 0 Å². The van der Waals surface area contributed by atoms with Crippen molar-refractivity contribution < 1.29 is 13.9 Å². The molecule has 18 heavy (non-hydrogen) atoms. The molecule has 0 aromatic carbocycles. The van der Waals surface area contributed by atoms with E-state index < -0.39 is 0 Å². The minimum absolute atomic E-state index is 0.00579. The fourth-order valence-corrected chi connectivity index (χ4v) is 2.48. The van der Waals surface area contributed by atoms with Gasteiger partial charge < -0.3 is 19.8 Å². The number of hydrogen-bond acceptors (Lipinski definition) is 4. The number of carbonyl (C=O) groups excluding carboxylic acids is 1. The first-order valence-electron chi connectivity index (χ1n) is 6.25. The van der Waals surface area contributed by atoms with Gasteiger partial charge in [-0.15, -0.1) is 0 Å². The molecule has 1 aliphatic rings. The molecular formula is C13H20N2O3. The second-order valence-electron chi connectivity index (χ2n) is 4.66. The monoisotopic (exact) mass is 252 g/mol. The summed E-state index contributed by atoms with van der Waals surface area (Å²) >= 11 is 0. The van der Waals surface area contributed by atoms with Crippen LogP contribution in [0.2, 0.25) is 0 Å². The van der Waals surface area contributed by atoms with Crippen molar-refractivity contribution in [3.8, 4) is 0 Å². The average Bonchev–Trinajstić information content (AvgIpc) is 2.83. The van der Waals surface area contributed by atoms with Crippen LogP contribution in [0.4, 0.5) is 0 Å². The van der Waals surface area contributed by atoms with Gasteiger partial charge in [-0.05, 0) is 25.8 Å². The Morgan fingerprint density at radius 2 is 2.44 bits per heavy atom. The molecule has 2 atom stereocenters. The highest BCUT2D eigenvalue weighted by molar-refractivity contribution is 5.95. The summed E-state index contributed by atoms with van der Waals surface area (Å²) in [6.07, 6.45) is 3.40. The Labute approximate surface area is 107 Å². The van der Waals surface area contributed by atoms with Crippen LogP contribution in [0.1, 0.15) is 29.0 Å². The van der Waals surface area contributed by atoms with E-state index >= 15 is 0 Å². The van der Waals surface area contributed by atoms with Crippen molar-refractivity contribution >= 4 is 5.91 Å². The first-order valence-corrected chi connectivity index (χ1v) is 6.25. The van der Waals surface area contributed by atoms with Gasteiger partial charge >= 0.3 is 0 Å². The molecule has 1 saturated heterocycles. The van der Waals surface area contributed by atoms with Crippen LogP contribution in [0, 0.1) is 6.92 Å². The highest BCUT2D eigenvalue weighted by atomic mass is 16.5. The van der Waals surface area contributed by atoms with E-state index in [1.165, 1.54) is 0 Å². The molecule has 100 valence electrons. The van der Waals surface area contributed by atoms with Crippen molar-refractivity contribution in [3.63, 3.8) is 0 Å². The summed E-state index contributed by atoms with van der Waals surface area (Å²) in [5, 5.41) is 0. The van der Waals surface area contributed by atoms with Gasteiger partial charge in [0, 0.05) is 26.2 Å². The van der Waals surface area contributed by atoms with Gasteiger partial charge in [0.25, 0.3) is 5.91 Å². The molecule has 5 nitrogen and oxygen atoms in total. The van der Waals surface area contributed by atoms with Crippen molar-refractivity contribution in [2.75, 3.05) is 20.2 Å². The number of aryl methyl sites for hydroxylation is 1. The molecule has 0 aliphatic carbocycles. The number of nitrogens with zero attached hydrogens (tertiary/aromatic N) is 1. The third kappa shape index (κ3) is 2.42. The second kappa shape index (κ2) is 5.54. The number of methoxy groups -OCH3 is 1. The van der Waals surface area contributed by atoms with Gasteiger partial charge in [-0.25, -0.2) is 0 Å². The molecule has 2 heterocycles. The largest absolute Gasteiger partial charge is 0.469 e. The van der Waals surface area contributed by atoms with E-state index in [2.05, 4.69) is 0 Å². The zero-order valence-corrected chi connectivity index (χ0v) is 10.9. The maximum Gasteiger partial charge on any atom is 0.257 e. The van der Waals surface area contributed by atoms with Crippen molar-refractivity contribution in [1.82, 2.24) is 4.90 Å². The van der Waals surface area contributed by atoms with Crippen LogP contribution in [0.15, 0.2) is 16.7 Å². The SMILES string of the molecule is CO[C@@H]1CCN(C(=O)c2ccoc2C)[C@@H](CN)C1. The van der Waals surface area contributed by atoms with Gasteiger partial charge in [0.05, 0.1) is 17.9 Å². The zero-order valence-electron chi connectivity index (χ0n) is 10.9. The molecule has 1 amide bonds. The lowest BCUT2D eigenvalue weighted by Crippen LogP contribution is -2.51. The number of piperidine rings is 1. The highest BCUT2D eigenvalue weighted by Crippen LogP contribution is 2.22. The molecule has 0 saturated carbocycles. The van der Waals surface area contributed by atoms with Crippen LogP contribution in [-0.4, -0.2) is 43.2 Å². The Morgan fingerprint density at radius 1 is 1.67 bits per heavy atom. The lowest BCUT2D eigenvalue weighted by Gasteiger charge is -2.38. The second-order valence-corrected chi connectivity index (χ2v) is 4.66. The van der Waals surface area contributed by atoms with Crippen LogP contribution in [0.3, 0.4) is 0 Å². The number of furan rings is 1. The standard InChI is InChI=1S/C13H20N2O3/c1-9-12(4-6-18-9)13(16)15-5-3-11(17-2)7-10(15)8-14/h4,6,10-11H,3,5,7-8,14H2,1-2H3/t10-,11-/m1/s1. The summed E-state index contributed by atoms with van der Waals surface area (Å²) in [5.41, 5.74) is 6.40. The Bertz CT molecular complexity index is 416. The fourth-order valence-electron chi connectivity index (χ4n) is 2.48. The number of nitrogens with two attached hydrogens (primary N) is 1. The maximum absolute atomic E-state index is 12.4. The Hall–Kier alpha value is -1.33. The first-order chi connectivity index (χ1) is 8.67. The normalized spacial score (nSPS) is 24.3. The van der Waals surface area contributed by atoms with E-state index in [1.807, 2.05) is 4.90 Å². The van der Waals surface area contributed by atoms with Crippen LogP contribution in [-0.2, 0) is 4.74 Å². The molecule has 0 spiro atoms. The molecule has 1 fully saturated rings. The fraction of sp³-hybridized carbons (Fsp3) is 0.615. The quantitative estimate of drug-likeness (QED) is 0.876. The number of amides is 1. The molecule has 1 aliphatic heterocycles. The van der Waals surface area contributed by atoms with Crippen molar-refractivity contribution in [2.24, 2.45) is 5.73 Å². The van der Waals surface area contributed by atoms with Gasteiger partial charge in [0.2, 0.25) is 0 Å². The molecule has 1 aromatic rings. The minimum atomic E-state index is 0.00579. The van der Waals surface area contributed by atoms with E-state index in [-0.39, 0.29) is 18.1 Å². The number of carbonyl (C=O) groups is 1. The molecule has 0 unspecified atom stereocenters. The average molecular weight is 252 g/mol. The van der Waals surface area contributed by atoms with E-state index in [9.17, 15) is 4.79 Å². The minimum Gasteiger partial charge on any atom is -0.469 e. The third-order valence-corrected chi connectivity index (χ3v) is 3.62. The molecule has 2 N–H and O–H groups in total. The van der Waals surface area contributed by atoms with Gasteiger partial charge in [0.1, 0.15) is 5.76 Å². The Kier molecular flexibility index (Phi) is 4.04. The van der Waals surface area contributed by atoms with E-state index in [0.717, 1.165) is 12.8 Å². The Balaban J connectivity index is 2.13. The van der Waals surface area contributed by atoms with E-state index in [0.29, 0.717) is 24.4 Å². The molecule has 0 radical (unpaired) electrons. The van der Waals surface area contributed by atoms with E-state index in [4.69, 9.17) is 14.9 Å². The van der Waals surface area contributed by atoms with Crippen LogP contribution in [0.25, 0.3) is 0 Å². The summed E-state index contributed by atoms with van der Waals surface area (Å²) in [6.45, 7) is 2.94. The number of hydrogen-bond donors (Lipinski definition) is 1. The lowest BCUT2D eigenvalue weighted by molar-refractivity contribution is 0.0138. The van der Waals surface area contributed by atoms with Crippen molar-refractivity contribution in [2.45, 2.75) is 31.9 Å². The van der Waals surface area contributed by atoms with Gasteiger partial charge in [-0.3, -0.25) is 4.79 Å².